The van der Waals surface area contributed by atoms with Crippen LogP contribution in [0.4, 0.5) is 10.1 Å². The number of nitrogens with zero attached hydrogens (tertiary/aromatic N) is 5. The van der Waals surface area contributed by atoms with E-state index in [-0.39, 0.29) is 11.7 Å². The molecule has 25 heavy (non-hydrogen) atoms. The number of hydrogen-bond donors (Lipinski definition) is 1. The SMILES string of the molecule is Fc1ccccc1N1CCC(c2nc(-c3n[nH]c(C4CC4)n3)no2)C1. The predicted octanol–water partition coefficient (Wildman–Crippen LogP) is 2.87. The molecule has 1 saturated heterocycles. The summed E-state index contributed by atoms with van der Waals surface area (Å²) in [5.41, 5.74) is 0.618. The zero-order valence-electron chi connectivity index (χ0n) is 13.5. The van der Waals surface area contributed by atoms with Crippen LogP contribution in [0.3, 0.4) is 0 Å². The van der Waals surface area contributed by atoms with Gasteiger partial charge in [-0.25, -0.2) is 9.37 Å². The smallest absolute Gasteiger partial charge is 0.242 e. The van der Waals surface area contributed by atoms with E-state index in [1.54, 1.807) is 12.1 Å². The molecule has 1 aromatic carbocycles. The van der Waals surface area contributed by atoms with Crippen molar-refractivity contribution in [3.63, 3.8) is 0 Å². The number of halogens is 1. The molecule has 0 bridgehead atoms. The molecule has 128 valence electrons. The second-order valence-electron chi connectivity index (χ2n) is 6.66. The summed E-state index contributed by atoms with van der Waals surface area (Å²) in [4.78, 5) is 10.9. The van der Waals surface area contributed by atoms with Gasteiger partial charge in [-0.05, 0) is 31.4 Å². The van der Waals surface area contributed by atoms with Gasteiger partial charge in [-0.15, -0.1) is 5.10 Å². The van der Waals surface area contributed by atoms with E-state index in [1.807, 2.05) is 11.0 Å². The fourth-order valence-corrected chi connectivity index (χ4v) is 3.29. The molecule has 5 rings (SSSR count). The molecule has 2 aliphatic rings. The van der Waals surface area contributed by atoms with Crippen LogP contribution in [0.5, 0.6) is 0 Å². The molecule has 1 atom stereocenters. The molecule has 0 amide bonds. The lowest BCUT2D eigenvalue weighted by Crippen LogP contribution is -2.20. The Labute approximate surface area is 143 Å². The summed E-state index contributed by atoms with van der Waals surface area (Å²) < 4.78 is 19.4. The highest BCUT2D eigenvalue weighted by Gasteiger charge is 2.31. The number of anilines is 1. The van der Waals surface area contributed by atoms with E-state index >= 15 is 0 Å². The molecule has 0 spiro atoms. The van der Waals surface area contributed by atoms with Crippen LogP contribution in [0.15, 0.2) is 28.8 Å². The van der Waals surface area contributed by atoms with Gasteiger partial charge >= 0.3 is 0 Å². The topological polar surface area (TPSA) is 83.7 Å². The Hall–Kier alpha value is -2.77. The molecular formula is C17H17FN6O. The first-order valence-electron chi connectivity index (χ1n) is 8.53. The van der Waals surface area contributed by atoms with Gasteiger partial charge in [0.05, 0.1) is 11.6 Å². The van der Waals surface area contributed by atoms with Gasteiger partial charge in [-0.2, -0.15) is 4.98 Å². The first kappa shape index (κ1) is 14.6. The molecule has 1 aliphatic carbocycles. The first-order chi connectivity index (χ1) is 12.3. The number of H-pyrrole nitrogens is 1. The number of aromatic amines is 1. The molecule has 2 aromatic heterocycles. The highest BCUT2D eigenvalue weighted by atomic mass is 19.1. The molecule has 1 aliphatic heterocycles. The van der Waals surface area contributed by atoms with Gasteiger partial charge in [0.2, 0.25) is 17.5 Å². The lowest BCUT2D eigenvalue weighted by atomic mass is 10.1. The van der Waals surface area contributed by atoms with Crippen LogP contribution in [-0.4, -0.2) is 38.4 Å². The van der Waals surface area contributed by atoms with Crippen molar-refractivity contribution >= 4 is 5.69 Å². The highest BCUT2D eigenvalue weighted by Crippen LogP contribution is 2.38. The van der Waals surface area contributed by atoms with Crippen LogP contribution in [0.25, 0.3) is 11.6 Å². The van der Waals surface area contributed by atoms with E-state index in [1.165, 1.54) is 6.07 Å². The second-order valence-corrected chi connectivity index (χ2v) is 6.66. The minimum absolute atomic E-state index is 0.0858. The Bertz CT molecular complexity index is 902. The van der Waals surface area contributed by atoms with Crippen molar-refractivity contribution in [1.82, 2.24) is 25.3 Å². The van der Waals surface area contributed by atoms with Crippen LogP contribution in [0, 0.1) is 5.82 Å². The van der Waals surface area contributed by atoms with Crippen molar-refractivity contribution in [2.45, 2.75) is 31.1 Å². The van der Waals surface area contributed by atoms with Crippen molar-refractivity contribution in [2.75, 3.05) is 18.0 Å². The number of hydrogen-bond acceptors (Lipinski definition) is 6. The number of nitrogens with one attached hydrogen (secondary N) is 1. The van der Waals surface area contributed by atoms with Crippen molar-refractivity contribution in [3.8, 4) is 11.6 Å². The van der Waals surface area contributed by atoms with Gasteiger partial charge in [0.25, 0.3) is 0 Å². The van der Waals surface area contributed by atoms with Crippen molar-refractivity contribution in [2.24, 2.45) is 0 Å². The third kappa shape index (κ3) is 2.67. The summed E-state index contributed by atoms with van der Waals surface area (Å²) in [5, 5.41) is 11.1. The minimum Gasteiger partial charge on any atom is -0.368 e. The standard InChI is InChI=1S/C17H17FN6O/c18-12-3-1-2-4-13(12)24-8-7-11(9-24)17-20-16(23-25-17)15-19-14(21-22-15)10-5-6-10/h1-4,10-11H,5-9H2,(H,19,21,22). The van der Waals surface area contributed by atoms with Crippen molar-refractivity contribution in [1.29, 1.82) is 0 Å². The Morgan fingerprint density at radius 3 is 2.80 bits per heavy atom. The van der Waals surface area contributed by atoms with E-state index in [0.717, 1.165) is 31.6 Å². The Kier molecular flexibility index (Phi) is 3.29. The molecule has 3 aromatic rings. The third-order valence-electron chi connectivity index (χ3n) is 4.84. The number of rotatable bonds is 4. The largest absolute Gasteiger partial charge is 0.368 e. The lowest BCUT2D eigenvalue weighted by molar-refractivity contribution is 0.359. The second kappa shape index (κ2) is 5.65. The van der Waals surface area contributed by atoms with E-state index < -0.39 is 0 Å². The number of aromatic nitrogens is 5. The third-order valence-corrected chi connectivity index (χ3v) is 4.84. The molecule has 1 saturated carbocycles. The maximum absolute atomic E-state index is 14.0. The Morgan fingerprint density at radius 2 is 1.96 bits per heavy atom. The minimum atomic E-state index is -0.206. The van der Waals surface area contributed by atoms with Gasteiger partial charge in [0.1, 0.15) is 11.6 Å². The van der Waals surface area contributed by atoms with Crippen molar-refractivity contribution in [3.05, 3.63) is 41.8 Å². The lowest BCUT2D eigenvalue weighted by Gasteiger charge is -2.18. The molecule has 0 radical (unpaired) electrons. The van der Waals surface area contributed by atoms with Crippen LogP contribution in [0.2, 0.25) is 0 Å². The van der Waals surface area contributed by atoms with Gasteiger partial charge in [0, 0.05) is 19.0 Å². The number of benzene rings is 1. The zero-order valence-corrected chi connectivity index (χ0v) is 13.5. The van der Waals surface area contributed by atoms with Crippen LogP contribution >= 0.6 is 0 Å². The van der Waals surface area contributed by atoms with Crippen LogP contribution in [0.1, 0.15) is 42.8 Å². The van der Waals surface area contributed by atoms with Gasteiger partial charge in [-0.1, -0.05) is 17.3 Å². The molecule has 1 unspecified atom stereocenters. The van der Waals surface area contributed by atoms with Gasteiger partial charge < -0.3 is 9.42 Å². The quantitative estimate of drug-likeness (QED) is 0.786. The average molecular weight is 340 g/mol. The molecule has 3 heterocycles. The monoisotopic (exact) mass is 340 g/mol. The molecule has 8 heteroatoms. The zero-order chi connectivity index (χ0) is 16.8. The number of para-hydroxylation sites is 1. The summed E-state index contributed by atoms with van der Waals surface area (Å²) in [7, 11) is 0. The van der Waals surface area contributed by atoms with Gasteiger partial charge in [-0.3, -0.25) is 5.10 Å². The fraction of sp³-hybridized carbons (Fsp3) is 0.412. The molecule has 1 N–H and O–H groups in total. The Balaban J connectivity index is 1.33. The van der Waals surface area contributed by atoms with Crippen molar-refractivity contribution < 1.29 is 8.91 Å². The molecule has 7 nitrogen and oxygen atoms in total. The van der Waals surface area contributed by atoms with E-state index in [0.29, 0.717) is 35.7 Å². The van der Waals surface area contributed by atoms with E-state index in [4.69, 9.17) is 4.52 Å². The Morgan fingerprint density at radius 1 is 1.08 bits per heavy atom. The molecule has 2 fully saturated rings. The summed E-state index contributed by atoms with van der Waals surface area (Å²) in [6.45, 7) is 1.42. The normalized spacial score (nSPS) is 20.4. The summed E-state index contributed by atoms with van der Waals surface area (Å²) in [6.07, 6.45) is 3.15. The van der Waals surface area contributed by atoms with Gasteiger partial charge in [0.15, 0.2) is 0 Å². The first-order valence-corrected chi connectivity index (χ1v) is 8.53. The fourth-order valence-electron chi connectivity index (χ4n) is 3.29. The van der Waals surface area contributed by atoms with E-state index in [9.17, 15) is 4.39 Å². The van der Waals surface area contributed by atoms with Crippen LogP contribution in [-0.2, 0) is 0 Å². The molecular weight excluding hydrogens is 323 g/mol. The predicted molar refractivity (Wildman–Crippen MR) is 87.6 cm³/mol. The summed E-state index contributed by atoms with van der Waals surface area (Å²) in [6, 6.07) is 6.82. The summed E-state index contributed by atoms with van der Waals surface area (Å²) >= 11 is 0. The summed E-state index contributed by atoms with van der Waals surface area (Å²) in [5.74, 6) is 2.71. The highest BCUT2D eigenvalue weighted by molar-refractivity contribution is 5.49. The maximum atomic E-state index is 14.0. The maximum Gasteiger partial charge on any atom is 0.242 e. The van der Waals surface area contributed by atoms with E-state index in [2.05, 4.69) is 25.3 Å². The average Bonchev–Trinajstić information content (AvgIpc) is 3.07. The van der Waals surface area contributed by atoms with Crippen LogP contribution < -0.4 is 4.90 Å².